The quantitative estimate of drug-likeness (QED) is 0.753. The minimum Gasteiger partial charge on any atom is -0.204 e. The van der Waals surface area contributed by atoms with Crippen molar-refractivity contribution in [1.29, 1.82) is 5.26 Å². The first-order valence-electron chi connectivity index (χ1n) is 4.27. The second kappa shape index (κ2) is 3.61. The van der Waals surface area contributed by atoms with Gasteiger partial charge in [-0.05, 0) is 0 Å². The van der Waals surface area contributed by atoms with Gasteiger partial charge in [-0.3, -0.25) is 0 Å². The van der Waals surface area contributed by atoms with Crippen molar-refractivity contribution < 1.29 is 8.78 Å². The molecule has 1 aromatic carbocycles. The van der Waals surface area contributed by atoms with E-state index in [4.69, 9.17) is 5.26 Å². The molecule has 0 aliphatic carbocycles. The summed E-state index contributed by atoms with van der Waals surface area (Å²) < 4.78 is 25.6. The zero-order chi connectivity index (χ0) is 10.8. The van der Waals surface area contributed by atoms with E-state index in [9.17, 15) is 8.78 Å². The van der Waals surface area contributed by atoms with Gasteiger partial charge in [0, 0.05) is 12.1 Å². The molecule has 0 spiro atoms. The highest BCUT2D eigenvalue weighted by Gasteiger charge is 2.08. The third-order valence-corrected chi connectivity index (χ3v) is 1.89. The number of aromatic nitrogens is 3. The fourth-order valence-corrected chi connectivity index (χ4v) is 1.21. The normalized spacial score (nSPS) is 10.5. The Kier molecular flexibility index (Phi) is 2.29. The van der Waals surface area contributed by atoms with Crippen LogP contribution in [0.25, 0.3) is 11.0 Å². The molecule has 0 fully saturated rings. The van der Waals surface area contributed by atoms with Crippen molar-refractivity contribution >= 4 is 11.0 Å². The Bertz CT molecular complexity index is 502. The van der Waals surface area contributed by atoms with E-state index in [1.165, 1.54) is 4.80 Å². The fourth-order valence-electron chi connectivity index (χ4n) is 1.21. The molecular formula is C9H6F2N4. The predicted octanol–water partition coefficient (Wildman–Crippen LogP) is 1.62. The molecule has 0 bridgehead atoms. The highest BCUT2D eigenvalue weighted by Crippen LogP contribution is 2.14. The van der Waals surface area contributed by atoms with E-state index < -0.39 is 11.6 Å². The Labute approximate surface area is 83.7 Å². The van der Waals surface area contributed by atoms with Gasteiger partial charge in [-0.2, -0.15) is 20.3 Å². The van der Waals surface area contributed by atoms with Crippen LogP contribution in [-0.2, 0) is 6.54 Å². The maximum Gasteiger partial charge on any atom is 0.161 e. The molecule has 4 nitrogen and oxygen atoms in total. The van der Waals surface area contributed by atoms with Crippen molar-refractivity contribution in [2.24, 2.45) is 0 Å². The van der Waals surface area contributed by atoms with E-state index >= 15 is 0 Å². The van der Waals surface area contributed by atoms with E-state index in [0.717, 1.165) is 12.1 Å². The summed E-state index contributed by atoms with van der Waals surface area (Å²) in [6.07, 6.45) is 0.256. The standard InChI is InChI=1S/C9H6F2N4/c10-6-4-8-9(5-7(6)11)14-15(13-8)3-1-2-12/h4-5H,1,3H2. The highest BCUT2D eigenvalue weighted by molar-refractivity contribution is 5.73. The number of nitrogens with zero attached hydrogens (tertiary/aromatic N) is 4. The van der Waals surface area contributed by atoms with E-state index in [0.29, 0.717) is 6.54 Å². The fraction of sp³-hybridized carbons (Fsp3) is 0.222. The number of halogens is 2. The third kappa shape index (κ3) is 1.76. The van der Waals surface area contributed by atoms with Crippen LogP contribution in [0.2, 0.25) is 0 Å². The van der Waals surface area contributed by atoms with Gasteiger partial charge in [0.05, 0.1) is 19.0 Å². The van der Waals surface area contributed by atoms with Crippen molar-refractivity contribution in [3.8, 4) is 6.07 Å². The van der Waals surface area contributed by atoms with Crippen LogP contribution in [-0.4, -0.2) is 15.0 Å². The molecule has 15 heavy (non-hydrogen) atoms. The molecule has 0 aliphatic rings. The van der Waals surface area contributed by atoms with E-state index in [1.807, 2.05) is 6.07 Å². The van der Waals surface area contributed by atoms with Crippen LogP contribution in [0.5, 0.6) is 0 Å². The van der Waals surface area contributed by atoms with Crippen LogP contribution in [0.3, 0.4) is 0 Å². The lowest BCUT2D eigenvalue weighted by molar-refractivity contribution is 0.510. The summed E-state index contributed by atoms with van der Waals surface area (Å²) >= 11 is 0. The van der Waals surface area contributed by atoms with Gasteiger partial charge in [0.1, 0.15) is 11.0 Å². The molecule has 0 amide bonds. The summed E-state index contributed by atoms with van der Waals surface area (Å²) in [5.41, 5.74) is 0.568. The number of hydrogen-bond donors (Lipinski definition) is 0. The molecular weight excluding hydrogens is 202 g/mol. The van der Waals surface area contributed by atoms with E-state index in [1.54, 1.807) is 0 Å². The molecule has 6 heteroatoms. The van der Waals surface area contributed by atoms with E-state index in [2.05, 4.69) is 10.2 Å². The number of rotatable bonds is 2. The molecule has 0 atom stereocenters. The second-order valence-electron chi connectivity index (χ2n) is 2.96. The largest absolute Gasteiger partial charge is 0.204 e. The molecule has 2 aromatic rings. The molecule has 76 valence electrons. The van der Waals surface area contributed by atoms with Crippen LogP contribution in [0.4, 0.5) is 8.78 Å². The lowest BCUT2D eigenvalue weighted by Crippen LogP contribution is -2.00. The van der Waals surface area contributed by atoms with Gasteiger partial charge < -0.3 is 0 Å². The Hall–Kier alpha value is -2.03. The second-order valence-corrected chi connectivity index (χ2v) is 2.96. The van der Waals surface area contributed by atoms with Crippen LogP contribution < -0.4 is 0 Å². The first kappa shape index (κ1) is 9.52. The van der Waals surface area contributed by atoms with Gasteiger partial charge in [-0.15, -0.1) is 0 Å². The summed E-state index contributed by atoms with van der Waals surface area (Å²) in [7, 11) is 0. The van der Waals surface area contributed by atoms with Crippen LogP contribution in [0.1, 0.15) is 6.42 Å². The molecule has 0 saturated heterocycles. The molecule has 1 aromatic heterocycles. The molecule has 1 heterocycles. The van der Waals surface area contributed by atoms with Gasteiger partial charge in [-0.25, -0.2) is 8.78 Å². The number of fused-ring (bicyclic) bond motifs is 1. The maximum atomic E-state index is 12.8. The first-order chi connectivity index (χ1) is 7.20. The Morgan fingerprint density at radius 1 is 1.20 bits per heavy atom. The predicted molar refractivity (Wildman–Crippen MR) is 47.7 cm³/mol. The molecule has 2 rings (SSSR count). The van der Waals surface area contributed by atoms with E-state index in [-0.39, 0.29) is 17.5 Å². The zero-order valence-electron chi connectivity index (χ0n) is 7.61. The summed E-state index contributed by atoms with van der Waals surface area (Å²) in [5, 5.41) is 16.2. The topological polar surface area (TPSA) is 54.5 Å². The van der Waals surface area contributed by atoms with Gasteiger partial charge in [0.2, 0.25) is 0 Å². The number of aryl methyl sites for hydroxylation is 1. The molecule has 0 N–H and O–H groups in total. The molecule has 0 radical (unpaired) electrons. The molecule has 0 unspecified atom stereocenters. The summed E-state index contributed by atoms with van der Waals surface area (Å²) in [6.45, 7) is 0.314. The third-order valence-electron chi connectivity index (χ3n) is 1.89. The summed E-state index contributed by atoms with van der Waals surface area (Å²) in [6, 6.07) is 3.91. The van der Waals surface area contributed by atoms with Crippen molar-refractivity contribution in [3.05, 3.63) is 23.8 Å². The minimum atomic E-state index is -0.949. The molecule has 0 saturated carbocycles. The number of hydrogen-bond acceptors (Lipinski definition) is 3. The number of benzene rings is 1. The number of nitriles is 1. The SMILES string of the molecule is N#CCCn1nc2cc(F)c(F)cc2n1. The minimum absolute atomic E-state index is 0.256. The van der Waals surface area contributed by atoms with Gasteiger partial charge >= 0.3 is 0 Å². The van der Waals surface area contributed by atoms with Crippen molar-refractivity contribution in [2.75, 3.05) is 0 Å². The monoisotopic (exact) mass is 208 g/mol. The lowest BCUT2D eigenvalue weighted by atomic mass is 10.3. The molecule has 0 aliphatic heterocycles. The Morgan fingerprint density at radius 2 is 1.73 bits per heavy atom. The van der Waals surface area contributed by atoms with Crippen molar-refractivity contribution in [3.63, 3.8) is 0 Å². The maximum absolute atomic E-state index is 12.8. The van der Waals surface area contributed by atoms with Gasteiger partial charge in [0.15, 0.2) is 11.6 Å². The average Bonchev–Trinajstić information content (AvgIpc) is 2.58. The van der Waals surface area contributed by atoms with Crippen LogP contribution in [0.15, 0.2) is 12.1 Å². The van der Waals surface area contributed by atoms with Gasteiger partial charge in [-0.1, -0.05) is 0 Å². The van der Waals surface area contributed by atoms with Crippen LogP contribution in [0, 0.1) is 23.0 Å². The Balaban J connectivity index is 2.43. The average molecular weight is 208 g/mol. The summed E-state index contributed by atoms with van der Waals surface area (Å²) in [5.74, 6) is -1.90. The lowest BCUT2D eigenvalue weighted by Gasteiger charge is -1.89. The highest BCUT2D eigenvalue weighted by atomic mass is 19.2. The van der Waals surface area contributed by atoms with Crippen molar-refractivity contribution in [1.82, 2.24) is 15.0 Å². The van der Waals surface area contributed by atoms with Crippen molar-refractivity contribution in [2.45, 2.75) is 13.0 Å². The Morgan fingerprint density at radius 3 is 2.20 bits per heavy atom. The summed E-state index contributed by atoms with van der Waals surface area (Å²) in [4.78, 5) is 1.26. The smallest absolute Gasteiger partial charge is 0.161 e. The van der Waals surface area contributed by atoms with Crippen LogP contribution >= 0.6 is 0 Å². The zero-order valence-corrected chi connectivity index (χ0v) is 7.61. The first-order valence-corrected chi connectivity index (χ1v) is 4.27. The van der Waals surface area contributed by atoms with Gasteiger partial charge in [0.25, 0.3) is 0 Å².